The fraction of sp³-hybridized carbons (Fsp3) is 0.364. The fourth-order valence-corrected chi connectivity index (χ4v) is 1.58. The van der Waals surface area contributed by atoms with Crippen LogP contribution < -0.4 is 5.32 Å². The Balaban J connectivity index is 2.32. The van der Waals surface area contributed by atoms with E-state index in [1.54, 1.807) is 0 Å². The first-order valence-corrected chi connectivity index (χ1v) is 5.94. The van der Waals surface area contributed by atoms with Gasteiger partial charge in [0.25, 0.3) is 5.69 Å². The second-order valence-corrected chi connectivity index (χ2v) is 4.44. The standard InChI is InChI=1S/C11H13FN6O2/c1-7(2)13-6-11-14-15-16-17(11)10-4-3-8(18(19)20)5-9(10)12/h3-5,7,13H,6H2,1-2H3. The van der Waals surface area contributed by atoms with Crippen LogP contribution in [0.2, 0.25) is 0 Å². The zero-order valence-electron chi connectivity index (χ0n) is 10.9. The molecule has 0 bridgehead atoms. The number of nitrogens with one attached hydrogen (secondary N) is 1. The van der Waals surface area contributed by atoms with Gasteiger partial charge in [-0.3, -0.25) is 10.1 Å². The molecule has 1 aromatic heterocycles. The van der Waals surface area contributed by atoms with E-state index < -0.39 is 10.7 Å². The maximum absolute atomic E-state index is 13.9. The molecule has 20 heavy (non-hydrogen) atoms. The Morgan fingerprint density at radius 2 is 2.25 bits per heavy atom. The summed E-state index contributed by atoms with van der Waals surface area (Å²) in [6, 6.07) is 3.56. The minimum absolute atomic E-state index is 0.0705. The molecule has 0 amide bonds. The van der Waals surface area contributed by atoms with Gasteiger partial charge >= 0.3 is 0 Å². The van der Waals surface area contributed by atoms with Gasteiger partial charge in [-0.05, 0) is 16.5 Å². The molecule has 0 saturated carbocycles. The van der Waals surface area contributed by atoms with E-state index in [0.29, 0.717) is 12.4 Å². The van der Waals surface area contributed by atoms with Gasteiger partial charge in [0.1, 0.15) is 5.69 Å². The molecule has 0 saturated heterocycles. The van der Waals surface area contributed by atoms with E-state index >= 15 is 0 Å². The Morgan fingerprint density at radius 1 is 1.50 bits per heavy atom. The number of aromatic nitrogens is 4. The van der Waals surface area contributed by atoms with Crippen molar-refractivity contribution in [2.24, 2.45) is 0 Å². The van der Waals surface area contributed by atoms with Crippen molar-refractivity contribution in [2.75, 3.05) is 0 Å². The van der Waals surface area contributed by atoms with E-state index in [0.717, 1.165) is 6.07 Å². The van der Waals surface area contributed by atoms with Gasteiger partial charge in [0.05, 0.1) is 17.5 Å². The zero-order valence-corrected chi connectivity index (χ0v) is 10.9. The lowest BCUT2D eigenvalue weighted by molar-refractivity contribution is -0.385. The molecule has 0 aliphatic carbocycles. The smallest absolute Gasteiger partial charge is 0.272 e. The molecule has 0 aliphatic rings. The van der Waals surface area contributed by atoms with Crippen LogP contribution in [0.25, 0.3) is 5.69 Å². The predicted octanol–water partition coefficient (Wildman–Crippen LogP) is 1.21. The molecular weight excluding hydrogens is 267 g/mol. The van der Waals surface area contributed by atoms with Crippen LogP contribution in [0.5, 0.6) is 0 Å². The number of rotatable bonds is 5. The van der Waals surface area contributed by atoms with E-state index in [-0.39, 0.29) is 17.4 Å². The van der Waals surface area contributed by atoms with Crippen LogP contribution in [0, 0.1) is 15.9 Å². The summed E-state index contributed by atoms with van der Waals surface area (Å²) in [5.41, 5.74) is -0.248. The molecule has 0 fully saturated rings. The Bertz CT molecular complexity index is 627. The third kappa shape index (κ3) is 2.94. The maximum Gasteiger partial charge on any atom is 0.272 e. The van der Waals surface area contributed by atoms with Crippen LogP contribution in [0.1, 0.15) is 19.7 Å². The van der Waals surface area contributed by atoms with Crippen molar-refractivity contribution in [1.29, 1.82) is 0 Å². The van der Waals surface area contributed by atoms with Crippen LogP contribution >= 0.6 is 0 Å². The van der Waals surface area contributed by atoms with Crippen LogP contribution in [-0.2, 0) is 6.54 Å². The van der Waals surface area contributed by atoms with E-state index in [4.69, 9.17) is 0 Å². The SMILES string of the molecule is CC(C)NCc1nnnn1-c1ccc([N+](=O)[O-])cc1F. The first-order chi connectivity index (χ1) is 9.49. The molecule has 0 radical (unpaired) electrons. The first kappa shape index (κ1) is 14.0. The van der Waals surface area contributed by atoms with E-state index in [9.17, 15) is 14.5 Å². The number of nitrogens with zero attached hydrogens (tertiary/aromatic N) is 5. The molecule has 2 rings (SSSR count). The van der Waals surface area contributed by atoms with Crippen molar-refractivity contribution in [3.63, 3.8) is 0 Å². The summed E-state index contributed by atoms with van der Waals surface area (Å²) in [7, 11) is 0. The molecule has 0 aliphatic heterocycles. The monoisotopic (exact) mass is 280 g/mol. The minimum atomic E-state index is -0.753. The molecule has 0 atom stereocenters. The molecule has 2 aromatic rings. The fourth-order valence-electron chi connectivity index (χ4n) is 1.58. The van der Waals surface area contributed by atoms with Gasteiger partial charge in [0.2, 0.25) is 0 Å². The summed E-state index contributed by atoms with van der Waals surface area (Å²) >= 11 is 0. The van der Waals surface area contributed by atoms with Crippen molar-refractivity contribution in [3.8, 4) is 5.69 Å². The lowest BCUT2D eigenvalue weighted by Gasteiger charge is -2.08. The number of non-ortho nitro benzene ring substituents is 1. The van der Waals surface area contributed by atoms with Gasteiger partial charge in [-0.2, -0.15) is 4.68 Å². The molecule has 0 spiro atoms. The molecule has 0 unspecified atom stereocenters. The largest absolute Gasteiger partial charge is 0.308 e. The van der Waals surface area contributed by atoms with Crippen LogP contribution in [0.4, 0.5) is 10.1 Å². The van der Waals surface area contributed by atoms with Gasteiger partial charge < -0.3 is 5.32 Å². The highest BCUT2D eigenvalue weighted by atomic mass is 19.1. The van der Waals surface area contributed by atoms with Crippen molar-refractivity contribution in [2.45, 2.75) is 26.4 Å². The number of hydrogen-bond donors (Lipinski definition) is 1. The quantitative estimate of drug-likeness (QED) is 0.652. The molecule has 9 heteroatoms. The lowest BCUT2D eigenvalue weighted by Crippen LogP contribution is -2.24. The van der Waals surface area contributed by atoms with Crippen LogP contribution in [0.15, 0.2) is 18.2 Å². The summed E-state index contributed by atoms with van der Waals surface area (Å²) < 4.78 is 15.1. The summed E-state index contributed by atoms with van der Waals surface area (Å²) in [5.74, 6) is -0.330. The molecule has 1 heterocycles. The number of hydrogen-bond acceptors (Lipinski definition) is 6. The van der Waals surface area contributed by atoms with Gasteiger partial charge in [-0.25, -0.2) is 4.39 Å². The predicted molar refractivity (Wildman–Crippen MR) is 67.7 cm³/mol. The highest BCUT2D eigenvalue weighted by molar-refractivity contribution is 5.42. The average molecular weight is 280 g/mol. The second-order valence-electron chi connectivity index (χ2n) is 4.44. The van der Waals surface area contributed by atoms with Gasteiger partial charge in [-0.15, -0.1) is 5.10 Å². The number of benzene rings is 1. The van der Waals surface area contributed by atoms with Crippen LogP contribution in [0.3, 0.4) is 0 Å². The number of nitro benzene ring substituents is 1. The third-order valence-corrected chi connectivity index (χ3v) is 2.57. The molecule has 1 N–H and O–H groups in total. The van der Waals surface area contributed by atoms with Crippen molar-refractivity contribution < 1.29 is 9.31 Å². The first-order valence-electron chi connectivity index (χ1n) is 5.94. The lowest BCUT2D eigenvalue weighted by atomic mass is 10.2. The highest BCUT2D eigenvalue weighted by Gasteiger charge is 2.16. The van der Waals surface area contributed by atoms with Crippen LogP contribution in [-0.4, -0.2) is 31.2 Å². The van der Waals surface area contributed by atoms with Crippen molar-refractivity contribution in [1.82, 2.24) is 25.5 Å². The summed E-state index contributed by atoms with van der Waals surface area (Å²) in [6.07, 6.45) is 0. The Hall–Kier alpha value is -2.42. The minimum Gasteiger partial charge on any atom is -0.308 e. The van der Waals surface area contributed by atoms with E-state index in [1.807, 2.05) is 13.8 Å². The third-order valence-electron chi connectivity index (χ3n) is 2.57. The Labute approximate surface area is 113 Å². The van der Waals surface area contributed by atoms with Crippen molar-refractivity contribution in [3.05, 3.63) is 40.0 Å². The molecule has 106 valence electrons. The summed E-state index contributed by atoms with van der Waals surface area (Å²) in [5, 5.41) is 24.7. The Kier molecular flexibility index (Phi) is 3.99. The van der Waals surface area contributed by atoms with Gasteiger partial charge in [0, 0.05) is 12.1 Å². The van der Waals surface area contributed by atoms with Crippen molar-refractivity contribution >= 4 is 5.69 Å². The highest BCUT2D eigenvalue weighted by Crippen LogP contribution is 2.19. The normalized spacial score (nSPS) is 11.0. The topological polar surface area (TPSA) is 98.8 Å². The number of halogens is 1. The van der Waals surface area contributed by atoms with Gasteiger partial charge in [-0.1, -0.05) is 13.8 Å². The Morgan fingerprint density at radius 3 is 2.85 bits per heavy atom. The van der Waals surface area contributed by atoms with Gasteiger partial charge in [0.15, 0.2) is 11.6 Å². The molecule has 8 nitrogen and oxygen atoms in total. The maximum atomic E-state index is 13.9. The number of tetrazole rings is 1. The number of nitro groups is 1. The average Bonchev–Trinajstić information content (AvgIpc) is 2.84. The molecule has 1 aromatic carbocycles. The summed E-state index contributed by atoms with van der Waals surface area (Å²) in [4.78, 5) is 9.92. The zero-order chi connectivity index (χ0) is 14.7. The van der Waals surface area contributed by atoms with E-state index in [1.165, 1.54) is 16.8 Å². The summed E-state index contributed by atoms with van der Waals surface area (Å²) in [6.45, 7) is 4.28. The molecular formula is C11H13FN6O2. The second kappa shape index (κ2) is 5.70. The van der Waals surface area contributed by atoms with E-state index in [2.05, 4.69) is 20.8 Å².